The fourth-order valence-corrected chi connectivity index (χ4v) is 8.34. The molecule has 0 bridgehead atoms. The van der Waals surface area contributed by atoms with Crippen molar-refractivity contribution in [2.75, 3.05) is 6.61 Å². The highest BCUT2D eigenvalue weighted by atomic mass is 16.5. The maximum Gasteiger partial charge on any atom is 0.326 e. The standard InChI is InChI=1S/C29H39NO11/c1-27-9-7-16(31)11-15(27)3-4-17-18-8-10-29(40,28(18,2)13-20(32)25(17)27)21(33)14-41-24(37)6-5-22(34)30-19(26(38)39)12-23(35)36/h11,17-20,25,32,40H,3-10,12-14H2,1-2H3,(H,30,34)(H,35,36)(H,38,39)/t17-,18+,19+,20+,25+,27+,28+,29+/m1/s1. The highest BCUT2D eigenvalue weighted by molar-refractivity contribution is 5.92. The maximum absolute atomic E-state index is 13.3. The number of hydrogen-bond donors (Lipinski definition) is 5. The van der Waals surface area contributed by atoms with E-state index in [4.69, 9.17) is 14.9 Å². The number of ketones is 2. The van der Waals surface area contributed by atoms with Crippen LogP contribution < -0.4 is 5.32 Å². The van der Waals surface area contributed by atoms with Crippen molar-refractivity contribution in [2.24, 2.45) is 28.6 Å². The molecule has 0 aliphatic heterocycles. The Morgan fingerprint density at radius 3 is 2.44 bits per heavy atom. The Bertz CT molecular complexity index is 1180. The molecule has 4 aliphatic carbocycles. The lowest BCUT2D eigenvalue weighted by Gasteiger charge is -2.60. The first kappa shape index (κ1) is 30.8. The average Bonchev–Trinajstić information content (AvgIpc) is 3.16. The molecular formula is C29H39NO11. The molecule has 1 amide bonds. The van der Waals surface area contributed by atoms with Crippen molar-refractivity contribution in [1.29, 1.82) is 0 Å². The van der Waals surface area contributed by atoms with Crippen LogP contribution in [0.3, 0.4) is 0 Å². The number of hydrogen-bond acceptors (Lipinski definition) is 9. The molecule has 0 heterocycles. The smallest absolute Gasteiger partial charge is 0.326 e. The average molecular weight is 578 g/mol. The number of esters is 1. The van der Waals surface area contributed by atoms with Gasteiger partial charge in [0.15, 0.2) is 12.4 Å². The van der Waals surface area contributed by atoms with Crippen LogP contribution in [0.5, 0.6) is 0 Å². The van der Waals surface area contributed by atoms with Crippen LogP contribution in [0.4, 0.5) is 0 Å². The number of allylic oxidation sites excluding steroid dienone is 1. The first-order chi connectivity index (χ1) is 19.1. The van der Waals surface area contributed by atoms with Crippen molar-refractivity contribution in [3.63, 3.8) is 0 Å². The van der Waals surface area contributed by atoms with Crippen LogP contribution in [0.1, 0.15) is 78.1 Å². The number of rotatable bonds is 10. The van der Waals surface area contributed by atoms with Crippen molar-refractivity contribution in [2.45, 2.75) is 95.8 Å². The third-order valence-electron chi connectivity index (χ3n) is 10.4. The Morgan fingerprint density at radius 1 is 1.07 bits per heavy atom. The predicted molar refractivity (Wildman–Crippen MR) is 140 cm³/mol. The molecule has 4 aliphatic rings. The molecule has 12 nitrogen and oxygen atoms in total. The monoisotopic (exact) mass is 577 g/mol. The SMILES string of the molecule is C[C@]12CCC(=O)C=C1CC[C@H]1[C@H]2[C@@H](O)C[C@@]2(C)[C@H]1CC[C@]2(O)C(=O)COC(=O)CCC(=O)N[C@@H](CC(=O)O)C(=O)O. The van der Waals surface area contributed by atoms with Crippen molar-refractivity contribution in [3.8, 4) is 0 Å². The first-order valence-electron chi connectivity index (χ1n) is 14.2. The third-order valence-corrected chi connectivity index (χ3v) is 10.4. The number of aliphatic hydroxyl groups excluding tert-OH is 1. The molecule has 0 aromatic rings. The summed E-state index contributed by atoms with van der Waals surface area (Å²) in [4.78, 5) is 71.5. The van der Waals surface area contributed by atoms with E-state index < -0.39 is 78.6 Å². The van der Waals surface area contributed by atoms with E-state index in [0.717, 1.165) is 18.4 Å². The Morgan fingerprint density at radius 2 is 1.78 bits per heavy atom. The van der Waals surface area contributed by atoms with Gasteiger partial charge in [0.05, 0.1) is 18.9 Å². The molecule has 226 valence electrons. The van der Waals surface area contributed by atoms with Crippen LogP contribution in [0.15, 0.2) is 11.6 Å². The highest BCUT2D eigenvalue weighted by Crippen LogP contribution is 2.67. The summed E-state index contributed by atoms with van der Waals surface area (Å²) in [6.45, 7) is 3.23. The Hall–Kier alpha value is -3.12. The molecule has 0 aromatic carbocycles. The largest absolute Gasteiger partial charge is 0.481 e. The summed E-state index contributed by atoms with van der Waals surface area (Å²) in [5.74, 6) is -5.32. The number of ether oxygens (including phenoxy) is 1. The number of aliphatic carboxylic acids is 2. The van der Waals surface area contributed by atoms with E-state index in [1.807, 2.05) is 12.2 Å². The van der Waals surface area contributed by atoms with Crippen LogP contribution in [0.25, 0.3) is 0 Å². The zero-order chi connectivity index (χ0) is 30.3. The van der Waals surface area contributed by atoms with Crippen LogP contribution in [0.2, 0.25) is 0 Å². The summed E-state index contributed by atoms with van der Waals surface area (Å²) >= 11 is 0. The van der Waals surface area contributed by atoms with Gasteiger partial charge in [-0.25, -0.2) is 4.79 Å². The third kappa shape index (κ3) is 5.55. The van der Waals surface area contributed by atoms with Gasteiger partial charge in [0.2, 0.25) is 11.7 Å². The molecule has 0 saturated heterocycles. The summed E-state index contributed by atoms with van der Waals surface area (Å²) in [6.07, 6.45) is 2.74. The molecule has 0 radical (unpaired) electrons. The lowest BCUT2D eigenvalue weighted by Crippen LogP contribution is -2.62. The number of fused-ring (bicyclic) bond motifs is 5. The molecule has 0 aromatic heterocycles. The second-order valence-corrected chi connectivity index (χ2v) is 12.6. The van der Waals surface area contributed by atoms with Gasteiger partial charge in [-0.1, -0.05) is 19.4 Å². The summed E-state index contributed by atoms with van der Waals surface area (Å²) in [5, 5.41) is 43.0. The topological polar surface area (TPSA) is 205 Å². The number of carbonyl (C=O) groups excluding carboxylic acids is 4. The number of amides is 1. The second kappa shape index (κ2) is 11.3. The van der Waals surface area contributed by atoms with E-state index in [2.05, 4.69) is 6.92 Å². The Balaban J connectivity index is 1.36. The fourth-order valence-electron chi connectivity index (χ4n) is 8.34. The van der Waals surface area contributed by atoms with Gasteiger partial charge < -0.3 is 30.5 Å². The molecule has 0 spiro atoms. The number of carboxylic acid groups (broad SMARTS) is 2. The molecule has 8 atom stereocenters. The number of carbonyl (C=O) groups is 6. The summed E-state index contributed by atoms with van der Waals surface area (Å²) in [7, 11) is 0. The van der Waals surface area contributed by atoms with Gasteiger partial charge in [0.25, 0.3) is 0 Å². The maximum atomic E-state index is 13.3. The van der Waals surface area contributed by atoms with E-state index in [0.29, 0.717) is 19.3 Å². The van der Waals surface area contributed by atoms with Gasteiger partial charge in [-0.2, -0.15) is 0 Å². The lowest BCUT2D eigenvalue weighted by atomic mass is 9.45. The Kier molecular flexibility index (Phi) is 8.48. The molecule has 0 unspecified atom stereocenters. The van der Waals surface area contributed by atoms with Crippen molar-refractivity contribution >= 4 is 35.4 Å². The van der Waals surface area contributed by atoms with E-state index in [-0.39, 0.29) is 41.8 Å². The predicted octanol–water partition coefficient (Wildman–Crippen LogP) is 1.16. The minimum Gasteiger partial charge on any atom is -0.481 e. The van der Waals surface area contributed by atoms with Crippen molar-refractivity contribution < 1.29 is 53.9 Å². The summed E-state index contributed by atoms with van der Waals surface area (Å²) in [6, 6.07) is -1.65. The van der Waals surface area contributed by atoms with Crippen molar-refractivity contribution in [1.82, 2.24) is 5.32 Å². The van der Waals surface area contributed by atoms with E-state index in [1.165, 1.54) is 0 Å². The lowest BCUT2D eigenvalue weighted by molar-refractivity contribution is -0.184. The van der Waals surface area contributed by atoms with Gasteiger partial charge in [0, 0.05) is 18.3 Å². The molecule has 4 rings (SSSR count). The minimum absolute atomic E-state index is 0.0340. The minimum atomic E-state index is -1.81. The van der Waals surface area contributed by atoms with Crippen LogP contribution in [-0.2, 0) is 33.5 Å². The molecule has 12 heteroatoms. The second-order valence-electron chi connectivity index (χ2n) is 12.6. The van der Waals surface area contributed by atoms with Gasteiger partial charge in [-0.05, 0) is 67.8 Å². The van der Waals surface area contributed by atoms with Crippen LogP contribution in [-0.4, -0.2) is 80.2 Å². The van der Waals surface area contributed by atoms with Crippen LogP contribution in [0, 0.1) is 28.6 Å². The van der Waals surface area contributed by atoms with Crippen LogP contribution >= 0.6 is 0 Å². The van der Waals surface area contributed by atoms with E-state index in [1.54, 1.807) is 6.08 Å². The molecule has 3 fully saturated rings. The van der Waals surface area contributed by atoms with E-state index >= 15 is 0 Å². The molecule has 5 N–H and O–H groups in total. The normalized spacial score (nSPS) is 36.6. The zero-order valence-electron chi connectivity index (χ0n) is 23.4. The van der Waals surface area contributed by atoms with Gasteiger partial charge in [-0.15, -0.1) is 0 Å². The quantitative estimate of drug-likeness (QED) is 0.233. The number of carboxylic acids is 2. The highest BCUT2D eigenvalue weighted by Gasteiger charge is 2.68. The van der Waals surface area contributed by atoms with Gasteiger partial charge in [-0.3, -0.25) is 24.0 Å². The zero-order valence-corrected chi connectivity index (χ0v) is 23.4. The number of nitrogens with one attached hydrogen (secondary N) is 1. The molecular weight excluding hydrogens is 538 g/mol. The summed E-state index contributed by atoms with van der Waals surface area (Å²) < 4.78 is 5.06. The summed E-state index contributed by atoms with van der Waals surface area (Å²) in [5.41, 5.74) is -1.97. The van der Waals surface area contributed by atoms with Crippen molar-refractivity contribution in [3.05, 3.63) is 11.6 Å². The first-order valence-corrected chi connectivity index (χ1v) is 14.2. The Labute approximate surface area is 237 Å². The number of Topliss-reactive ketones (excluding diaryl/α,β-unsaturated/α-hetero) is 1. The number of aliphatic hydroxyl groups is 2. The fraction of sp³-hybridized carbons (Fsp3) is 0.724. The van der Waals surface area contributed by atoms with E-state index in [9.17, 15) is 39.0 Å². The van der Waals surface area contributed by atoms with Gasteiger partial charge in [0.1, 0.15) is 11.6 Å². The molecule has 41 heavy (non-hydrogen) atoms. The van der Waals surface area contributed by atoms with Gasteiger partial charge >= 0.3 is 17.9 Å². The molecule has 3 saturated carbocycles.